The third kappa shape index (κ3) is 3.58. The highest BCUT2D eigenvalue weighted by Crippen LogP contribution is 2.25. The maximum Gasteiger partial charge on any atom is 0.263 e. The predicted octanol–water partition coefficient (Wildman–Crippen LogP) is 3.50. The molecule has 0 radical (unpaired) electrons. The fraction of sp³-hybridized carbons (Fsp3) is 0.0909. The molecule has 1 aliphatic rings. The number of hydrogen-bond acceptors (Lipinski definition) is 5. The number of carbonyl (C=O) groups excluding carboxylic acids is 3. The van der Waals surface area contributed by atoms with Crippen LogP contribution in [0.2, 0.25) is 0 Å². The van der Waals surface area contributed by atoms with Gasteiger partial charge in [0.15, 0.2) is 0 Å². The number of anilines is 1. The number of pyridine rings is 1. The summed E-state index contributed by atoms with van der Waals surface area (Å²) in [6.45, 7) is 1.51. The Bertz CT molecular complexity index is 1050. The van der Waals surface area contributed by atoms with Gasteiger partial charge in [-0.1, -0.05) is 18.2 Å². The van der Waals surface area contributed by atoms with Crippen molar-refractivity contribution in [2.45, 2.75) is 13.0 Å². The fourth-order valence-electron chi connectivity index (χ4n) is 3.05. The van der Waals surface area contributed by atoms with Crippen molar-refractivity contribution in [3.05, 3.63) is 84.2 Å². The fourth-order valence-corrected chi connectivity index (χ4v) is 3.05. The highest BCUT2D eigenvalue weighted by Gasteiger charge is 2.40. The van der Waals surface area contributed by atoms with Gasteiger partial charge < -0.3 is 10.1 Å². The molecule has 0 unspecified atom stereocenters. The molecule has 0 saturated heterocycles. The van der Waals surface area contributed by atoms with Gasteiger partial charge in [0.1, 0.15) is 17.5 Å². The summed E-state index contributed by atoms with van der Waals surface area (Å²) in [5.74, 6) is -0.161. The van der Waals surface area contributed by atoms with Crippen LogP contribution in [0.5, 0.6) is 11.5 Å². The summed E-state index contributed by atoms with van der Waals surface area (Å²) in [6, 6.07) is 16.7. The Kier molecular flexibility index (Phi) is 4.78. The minimum Gasteiger partial charge on any atom is -0.457 e. The normalized spacial score (nSPS) is 13.8. The molecular formula is C22H17N3O4. The number of para-hydroxylation sites is 1. The van der Waals surface area contributed by atoms with Crippen LogP contribution in [0, 0.1) is 0 Å². The zero-order chi connectivity index (χ0) is 20.4. The highest BCUT2D eigenvalue weighted by molar-refractivity contribution is 6.23. The monoisotopic (exact) mass is 387 g/mol. The first-order valence-corrected chi connectivity index (χ1v) is 9.00. The van der Waals surface area contributed by atoms with Crippen molar-refractivity contribution in [3.63, 3.8) is 0 Å². The first kappa shape index (κ1) is 18.4. The van der Waals surface area contributed by atoms with E-state index < -0.39 is 23.8 Å². The van der Waals surface area contributed by atoms with Crippen molar-refractivity contribution < 1.29 is 19.1 Å². The van der Waals surface area contributed by atoms with Crippen molar-refractivity contribution in [3.8, 4) is 11.5 Å². The van der Waals surface area contributed by atoms with Crippen molar-refractivity contribution in [2.24, 2.45) is 0 Å². The molecule has 3 amide bonds. The molecule has 0 bridgehead atoms. The van der Waals surface area contributed by atoms with Crippen LogP contribution >= 0.6 is 0 Å². The Labute approximate surface area is 166 Å². The van der Waals surface area contributed by atoms with Crippen molar-refractivity contribution in [1.29, 1.82) is 0 Å². The summed E-state index contributed by atoms with van der Waals surface area (Å²) in [6.07, 6.45) is 2.78. The average Bonchev–Trinajstić information content (AvgIpc) is 3.00. The predicted molar refractivity (Wildman–Crippen MR) is 106 cm³/mol. The van der Waals surface area contributed by atoms with Crippen molar-refractivity contribution in [1.82, 2.24) is 9.88 Å². The average molecular weight is 387 g/mol. The summed E-state index contributed by atoms with van der Waals surface area (Å²) in [4.78, 5) is 42.4. The molecule has 7 heteroatoms. The lowest BCUT2D eigenvalue weighted by Gasteiger charge is -2.21. The molecule has 4 rings (SSSR count). The Morgan fingerprint density at radius 3 is 2.28 bits per heavy atom. The number of fused-ring (bicyclic) bond motifs is 1. The van der Waals surface area contributed by atoms with Crippen LogP contribution in [0.15, 0.2) is 73.1 Å². The molecule has 2 aromatic carbocycles. The lowest BCUT2D eigenvalue weighted by molar-refractivity contribution is -0.119. The second-order valence-corrected chi connectivity index (χ2v) is 6.51. The van der Waals surface area contributed by atoms with Gasteiger partial charge in [-0.25, -0.2) is 0 Å². The standard InChI is InChI=1S/C22H17N3O4/c1-14(25-21(27)18-11-12-23-13-19(18)22(25)28)20(26)24-15-7-9-17(10-8-15)29-16-5-3-2-4-6-16/h2-14H,1H3,(H,24,26)/t14-/m0/s1. The summed E-state index contributed by atoms with van der Waals surface area (Å²) >= 11 is 0. The van der Waals surface area contributed by atoms with Crippen LogP contribution in [0.4, 0.5) is 5.69 Å². The molecule has 0 spiro atoms. The van der Waals surface area contributed by atoms with Gasteiger partial charge in [0.05, 0.1) is 11.1 Å². The molecule has 1 N–H and O–H groups in total. The topological polar surface area (TPSA) is 88.6 Å². The summed E-state index contributed by atoms with van der Waals surface area (Å²) in [5.41, 5.74) is 0.993. The van der Waals surface area contributed by atoms with Crippen molar-refractivity contribution >= 4 is 23.4 Å². The minimum atomic E-state index is -0.970. The quantitative estimate of drug-likeness (QED) is 0.677. The molecular weight excluding hydrogens is 370 g/mol. The van der Waals surface area contributed by atoms with Crippen LogP contribution in [0.3, 0.4) is 0 Å². The number of nitrogens with one attached hydrogen (secondary N) is 1. The van der Waals surface area contributed by atoms with E-state index in [4.69, 9.17) is 4.74 Å². The third-order valence-electron chi connectivity index (χ3n) is 4.59. The van der Waals surface area contributed by atoms with E-state index in [1.807, 2.05) is 30.3 Å². The zero-order valence-electron chi connectivity index (χ0n) is 15.5. The molecule has 1 aromatic heterocycles. The lowest BCUT2D eigenvalue weighted by Crippen LogP contribution is -2.45. The number of amides is 3. The summed E-state index contributed by atoms with van der Waals surface area (Å²) in [7, 11) is 0. The van der Waals surface area contributed by atoms with Gasteiger partial charge >= 0.3 is 0 Å². The largest absolute Gasteiger partial charge is 0.457 e. The molecule has 7 nitrogen and oxygen atoms in total. The first-order valence-electron chi connectivity index (χ1n) is 9.00. The maximum atomic E-state index is 12.6. The number of hydrogen-bond donors (Lipinski definition) is 1. The van der Waals surface area contributed by atoms with Gasteiger partial charge in [-0.15, -0.1) is 0 Å². The number of rotatable bonds is 5. The number of nitrogens with zero attached hydrogens (tertiary/aromatic N) is 2. The molecule has 3 aromatic rings. The smallest absolute Gasteiger partial charge is 0.263 e. The van der Waals surface area contributed by atoms with Gasteiger partial charge in [0.25, 0.3) is 11.8 Å². The van der Waals surface area contributed by atoms with Gasteiger partial charge in [0, 0.05) is 18.1 Å². The van der Waals surface area contributed by atoms with E-state index in [2.05, 4.69) is 10.3 Å². The van der Waals surface area contributed by atoms with Gasteiger partial charge in [-0.2, -0.15) is 0 Å². The Morgan fingerprint density at radius 2 is 1.59 bits per heavy atom. The SMILES string of the molecule is C[C@@H](C(=O)Nc1ccc(Oc2ccccc2)cc1)N1C(=O)c2ccncc2C1=O. The Morgan fingerprint density at radius 1 is 0.931 bits per heavy atom. The molecule has 0 fully saturated rings. The summed E-state index contributed by atoms with van der Waals surface area (Å²) in [5, 5.41) is 2.72. The van der Waals surface area contributed by atoms with E-state index in [-0.39, 0.29) is 11.1 Å². The molecule has 1 aliphatic heterocycles. The highest BCUT2D eigenvalue weighted by atomic mass is 16.5. The lowest BCUT2D eigenvalue weighted by atomic mass is 10.2. The van der Waals surface area contributed by atoms with Crippen LogP contribution in [0.1, 0.15) is 27.6 Å². The number of carbonyl (C=O) groups is 3. The molecule has 1 atom stereocenters. The zero-order valence-corrected chi connectivity index (χ0v) is 15.5. The van der Waals surface area contributed by atoms with Crippen LogP contribution in [-0.4, -0.2) is 33.6 Å². The Balaban J connectivity index is 1.43. The first-order chi connectivity index (χ1) is 14.0. The summed E-state index contributed by atoms with van der Waals surface area (Å²) < 4.78 is 5.71. The minimum absolute atomic E-state index is 0.208. The van der Waals surface area contributed by atoms with E-state index in [9.17, 15) is 14.4 Å². The second-order valence-electron chi connectivity index (χ2n) is 6.51. The van der Waals surface area contributed by atoms with E-state index in [1.165, 1.54) is 25.4 Å². The van der Waals surface area contributed by atoms with Crippen LogP contribution in [-0.2, 0) is 4.79 Å². The van der Waals surface area contributed by atoms with Crippen LogP contribution < -0.4 is 10.1 Å². The van der Waals surface area contributed by atoms with Crippen molar-refractivity contribution in [2.75, 3.05) is 5.32 Å². The van der Waals surface area contributed by atoms with E-state index in [1.54, 1.807) is 24.3 Å². The molecule has 2 heterocycles. The van der Waals surface area contributed by atoms with Crippen LogP contribution in [0.25, 0.3) is 0 Å². The number of ether oxygens (including phenoxy) is 1. The van der Waals surface area contributed by atoms with E-state index >= 15 is 0 Å². The van der Waals surface area contributed by atoms with Gasteiger partial charge in [0.2, 0.25) is 5.91 Å². The van der Waals surface area contributed by atoms with E-state index in [0.717, 1.165) is 4.90 Å². The maximum absolute atomic E-state index is 12.6. The van der Waals surface area contributed by atoms with Gasteiger partial charge in [-0.05, 0) is 49.4 Å². The molecule has 0 saturated carbocycles. The number of aromatic nitrogens is 1. The van der Waals surface area contributed by atoms with Gasteiger partial charge in [-0.3, -0.25) is 24.3 Å². The third-order valence-corrected chi connectivity index (χ3v) is 4.59. The second kappa shape index (κ2) is 7.55. The molecule has 0 aliphatic carbocycles. The molecule has 29 heavy (non-hydrogen) atoms. The Hall–Kier alpha value is -4.00. The number of benzene rings is 2. The number of imide groups is 1. The molecule has 144 valence electrons. The van der Waals surface area contributed by atoms with E-state index in [0.29, 0.717) is 17.2 Å².